The maximum Gasteiger partial charge on any atom is 0.251 e. The van der Waals surface area contributed by atoms with Crippen LogP contribution in [0, 0.1) is 0 Å². The van der Waals surface area contributed by atoms with E-state index < -0.39 is 10.0 Å². The second-order valence-corrected chi connectivity index (χ2v) is 7.76. The molecule has 2 N–H and O–H groups in total. The van der Waals surface area contributed by atoms with Crippen molar-refractivity contribution in [3.05, 3.63) is 47.9 Å². The number of rotatable bonds is 5. The Morgan fingerprint density at radius 2 is 2.28 bits per heavy atom. The number of benzene rings is 1. The zero-order valence-electron chi connectivity index (χ0n) is 13.8. The average Bonchev–Trinajstić information content (AvgIpc) is 3.13. The summed E-state index contributed by atoms with van der Waals surface area (Å²) in [5, 5.41) is 9.56. The lowest BCUT2D eigenvalue weighted by Gasteiger charge is -2.32. The minimum absolute atomic E-state index is 0.121. The van der Waals surface area contributed by atoms with Gasteiger partial charge >= 0.3 is 0 Å². The highest BCUT2D eigenvalue weighted by molar-refractivity contribution is 7.89. The molecule has 9 heteroatoms. The molecule has 0 aliphatic carbocycles. The zero-order valence-corrected chi connectivity index (χ0v) is 14.6. The van der Waals surface area contributed by atoms with Crippen molar-refractivity contribution in [3.63, 3.8) is 0 Å². The van der Waals surface area contributed by atoms with Gasteiger partial charge in [0.15, 0.2) is 0 Å². The van der Waals surface area contributed by atoms with Crippen LogP contribution in [-0.4, -0.2) is 49.5 Å². The van der Waals surface area contributed by atoms with Crippen molar-refractivity contribution >= 4 is 15.9 Å². The highest BCUT2D eigenvalue weighted by Crippen LogP contribution is 2.20. The summed E-state index contributed by atoms with van der Waals surface area (Å²) in [6.45, 7) is 3.70. The number of nitrogens with one attached hydrogen (secondary N) is 2. The summed E-state index contributed by atoms with van der Waals surface area (Å²) < 4.78 is 31.9. The quantitative estimate of drug-likeness (QED) is 0.804. The molecule has 25 heavy (non-hydrogen) atoms. The number of piperazine rings is 1. The van der Waals surface area contributed by atoms with Crippen molar-refractivity contribution in [3.8, 4) is 0 Å². The molecule has 1 aliphatic rings. The first kappa shape index (κ1) is 17.6. The molecule has 1 fully saturated rings. The van der Waals surface area contributed by atoms with E-state index in [1.807, 2.05) is 6.92 Å². The molecule has 2 aromatic rings. The van der Waals surface area contributed by atoms with E-state index in [1.165, 1.54) is 22.7 Å². The first-order valence-corrected chi connectivity index (χ1v) is 9.42. The lowest BCUT2D eigenvalue weighted by molar-refractivity contribution is 0.0950. The van der Waals surface area contributed by atoms with Gasteiger partial charge in [0.05, 0.1) is 11.4 Å². The standard InChI is InChI=1S/C16H20N4O4S/c1-12-10-17-6-7-20(12)25(22,23)15-4-2-3-13(9-15)16(21)18-11-14-5-8-24-19-14/h2-5,8-9,12,17H,6-7,10-11H2,1H3,(H,18,21)/t12-/m1/s1. The van der Waals surface area contributed by atoms with Crippen LogP contribution in [0.15, 0.2) is 46.0 Å². The molecular weight excluding hydrogens is 344 g/mol. The van der Waals surface area contributed by atoms with Crippen molar-refractivity contribution in [2.75, 3.05) is 19.6 Å². The molecule has 2 heterocycles. The van der Waals surface area contributed by atoms with E-state index >= 15 is 0 Å². The predicted molar refractivity (Wildman–Crippen MR) is 90.3 cm³/mol. The third-order valence-electron chi connectivity index (χ3n) is 4.06. The van der Waals surface area contributed by atoms with Crippen LogP contribution in [0.3, 0.4) is 0 Å². The van der Waals surface area contributed by atoms with Gasteiger partial charge in [0.1, 0.15) is 12.0 Å². The van der Waals surface area contributed by atoms with Gasteiger partial charge in [-0.05, 0) is 25.1 Å². The Kier molecular flexibility index (Phi) is 5.16. The number of carbonyl (C=O) groups excluding carboxylic acids is 1. The first-order chi connectivity index (χ1) is 12.0. The topological polar surface area (TPSA) is 105 Å². The minimum atomic E-state index is -3.64. The Bertz CT molecular complexity index is 836. The van der Waals surface area contributed by atoms with Crippen LogP contribution in [0.5, 0.6) is 0 Å². The van der Waals surface area contributed by atoms with Crippen molar-refractivity contribution in [1.29, 1.82) is 0 Å². The number of hydrogen-bond donors (Lipinski definition) is 2. The van der Waals surface area contributed by atoms with E-state index in [0.717, 1.165) is 0 Å². The van der Waals surface area contributed by atoms with E-state index in [1.54, 1.807) is 18.2 Å². The van der Waals surface area contributed by atoms with E-state index in [2.05, 4.69) is 15.8 Å². The number of nitrogens with zero attached hydrogens (tertiary/aromatic N) is 2. The largest absolute Gasteiger partial charge is 0.364 e. The molecular formula is C16H20N4O4S. The maximum atomic E-state index is 12.9. The second kappa shape index (κ2) is 7.34. The van der Waals surface area contributed by atoms with Crippen LogP contribution in [0.2, 0.25) is 0 Å². The third-order valence-corrected chi connectivity index (χ3v) is 6.07. The molecule has 134 valence electrons. The van der Waals surface area contributed by atoms with Gasteiger partial charge in [-0.3, -0.25) is 4.79 Å². The highest BCUT2D eigenvalue weighted by Gasteiger charge is 2.31. The van der Waals surface area contributed by atoms with Gasteiger partial charge < -0.3 is 15.2 Å². The molecule has 1 atom stereocenters. The van der Waals surface area contributed by atoms with Gasteiger partial charge in [-0.2, -0.15) is 4.31 Å². The van der Waals surface area contributed by atoms with E-state index in [4.69, 9.17) is 4.52 Å². The molecule has 0 bridgehead atoms. The van der Waals surface area contributed by atoms with Crippen LogP contribution in [-0.2, 0) is 16.6 Å². The van der Waals surface area contributed by atoms with E-state index in [9.17, 15) is 13.2 Å². The molecule has 0 radical (unpaired) electrons. The summed E-state index contributed by atoms with van der Waals surface area (Å²) in [6.07, 6.45) is 1.42. The van der Waals surface area contributed by atoms with Crippen LogP contribution >= 0.6 is 0 Å². The fourth-order valence-electron chi connectivity index (χ4n) is 2.71. The van der Waals surface area contributed by atoms with Gasteiger partial charge in [-0.25, -0.2) is 8.42 Å². The Morgan fingerprint density at radius 3 is 3.00 bits per heavy atom. The average molecular weight is 364 g/mol. The summed E-state index contributed by atoms with van der Waals surface area (Å²) in [7, 11) is -3.64. The maximum absolute atomic E-state index is 12.9. The fraction of sp³-hybridized carbons (Fsp3) is 0.375. The SMILES string of the molecule is C[C@@H]1CNCCN1S(=O)(=O)c1cccc(C(=O)NCc2ccon2)c1. The van der Waals surface area contributed by atoms with Crippen LogP contribution in [0.4, 0.5) is 0 Å². The lowest BCUT2D eigenvalue weighted by Crippen LogP contribution is -2.52. The van der Waals surface area contributed by atoms with Crippen molar-refractivity contribution in [2.45, 2.75) is 24.4 Å². The molecule has 0 spiro atoms. The molecule has 1 saturated heterocycles. The molecule has 0 saturated carbocycles. The first-order valence-electron chi connectivity index (χ1n) is 7.98. The zero-order chi connectivity index (χ0) is 17.9. The Hall–Kier alpha value is -2.23. The molecule has 0 unspecified atom stereocenters. The molecule has 3 rings (SSSR count). The number of aromatic nitrogens is 1. The van der Waals surface area contributed by atoms with Crippen molar-refractivity contribution in [2.24, 2.45) is 0 Å². The monoisotopic (exact) mass is 364 g/mol. The van der Waals surface area contributed by atoms with Gasteiger partial charge in [0.25, 0.3) is 5.91 Å². The minimum Gasteiger partial charge on any atom is -0.364 e. The van der Waals surface area contributed by atoms with E-state index in [0.29, 0.717) is 25.3 Å². The molecule has 1 amide bonds. The molecule has 1 aromatic heterocycles. The second-order valence-electron chi connectivity index (χ2n) is 5.87. The number of amides is 1. The van der Waals surface area contributed by atoms with E-state index in [-0.39, 0.29) is 29.0 Å². The van der Waals surface area contributed by atoms with Gasteiger partial charge in [0.2, 0.25) is 10.0 Å². The number of carbonyl (C=O) groups is 1. The van der Waals surface area contributed by atoms with Gasteiger partial charge in [-0.1, -0.05) is 11.2 Å². The fourth-order valence-corrected chi connectivity index (χ4v) is 4.39. The Balaban J connectivity index is 1.77. The smallest absolute Gasteiger partial charge is 0.251 e. The predicted octanol–water partition coefficient (Wildman–Crippen LogP) is 0.587. The summed E-state index contributed by atoms with van der Waals surface area (Å²) in [5.74, 6) is -0.367. The Labute approximate surface area is 146 Å². The summed E-state index contributed by atoms with van der Waals surface area (Å²) in [4.78, 5) is 12.4. The lowest BCUT2D eigenvalue weighted by atomic mass is 10.2. The van der Waals surface area contributed by atoms with Crippen molar-refractivity contribution in [1.82, 2.24) is 20.1 Å². The summed E-state index contributed by atoms with van der Waals surface area (Å²) in [5.41, 5.74) is 0.874. The van der Waals surface area contributed by atoms with Crippen LogP contribution in [0.1, 0.15) is 23.0 Å². The normalized spacial score (nSPS) is 18.8. The summed E-state index contributed by atoms with van der Waals surface area (Å²) in [6, 6.07) is 7.58. The number of sulfonamides is 1. The van der Waals surface area contributed by atoms with Gasteiger partial charge in [-0.15, -0.1) is 0 Å². The third kappa shape index (κ3) is 3.89. The number of hydrogen-bond acceptors (Lipinski definition) is 6. The molecule has 1 aromatic carbocycles. The Morgan fingerprint density at radius 1 is 1.44 bits per heavy atom. The molecule has 8 nitrogen and oxygen atoms in total. The van der Waals surface area contributed by atoms with Crippen LogP contribution < -0.4 is 10.6 Å². The van der Waals surface area contributed by atoms with Crippen LogP contribution in [0.25, 0.3) is 0 Å². The highest BCUT2D eigenvalue weighted by atomic mass is 32.2. The van der Waals surface area contributed by atoms with Gasteiger partial charge in [0, 0.05) is 37.3 Å². The summed E-state index contributed by atoms with van der Waals surface area (Å²) >= 11 is 0. The van der Waals surface area contributed by atoms with Crippen molar-refractivity contribution < 1.29 is 17.7 Å². The molecule has 1 aliphatic heterocycles.